The van der Waals surface area contributed by atoms with Crippen molar-refractivity contribution in [2.75, 3.05) is 19.6 Å². The molecule has 2 unspecified atom stereocenters. The Morgan fingerprint density at radius 1 is 0.711 bits per heavy atom. The molecule has 2 fully saturated rings. The maximum atomic E-state index is 13.4. The minimum Gasteiger partial charge on any atom is -0.355 e. The summed E-state index contributed by atoms with van der Waals surface area (Å²) in [4.78, 5) is 39.7. The number of hydrogen-bond donors (Lipinski definition) is 6. The molecule has 2 aliphatic rings. The smallest absolute Gasteiger partial charge is 0.242 e. The molecule has 0 aromatic heterocycles. The van der Waals surface area contributed by atoms with Gasteiger partial charge in [0.05, 0.1) is 6.04 Å². The van der Waals surface area contributed by atoms with E-state index >= 15 is 0 Å². The molecular weight excluding hydrogens is 564 g/mol. The van der Waals surface area contributed by atoms with Crippen molar-refractivity contribution in [1.29, 1.82) is 0 Å². The van der Waals surface area contributed by atoms with Gasteiger partial charge in [0.25, 0.3) is 0 Å². The first-order valence-electron chi connectivity index (χ1n) is 19.1. The quantitative estimate of drug-likeness (QED) is 0.0930. The Bertz CT molecular complexity index is 757. The van der Waals surface area contributed by atoms with Gasteiger partial charge in [0.2, 0.25) is 17.7 Å². The summed E-state index contributed by atoms with van der Waals surface area (Å²) in [6, 6.07) is -0.790. The zero-order chi connectivity index (χ0) is 32.2. The van der Waals surface area contributed by atoms with E-state index in [1.54, 1.807) is 0 Å². The number of nitrogens with two attached hydrogens (primary N) is 1. The predicted octanol–water partition coefficient (Wildman–Crippen LogP) is 6.05. The third-order valence-corrected chi connectivity index (χ3v) is 9.69. The van der Waals surface area contributed by atoms with Crippen LogP contribution in [0.25, 0.3) is 0 Å². The van der Waals surface area contributed by atoms with Gasteiger partial charge in [-0.25, -0.2) is 0 Å². The minimum absolute atomic E-state index is 0.0130. The van der Waals surface area contributed by atoms with Crippen LogP contribution in [0.15, 0.2) is 0 Å². The van der Waals surface area contributed by atoms with Crippen LogP contribution in [-0.2, 0) is 14.4 Å². The molecule has 7 N–H and O–H groups in total. The first-order valence-corrected chi connectivity index (χ1v) is 19.1. The van der Waals surface area contributed by atoms with Crippen molar-refractivity contribution in [3.05, 3.63) is 0 Å². The number of amides is 3. The molecule has 262 valence electrons. The number of hydrazine groups is 1. The number of hydrogen-bond acceptors (Lipinski definition) is 6. The lowest BCUT2D eigenvalue weighted by Crippen LogP contribution is -2.50. The van der Waals surface area contributed by atoms with Gasteiger partial charge < -0.3 is 21.3 Å². The standard InChI is InChI=1S/C36H70N6O3/c37-40-30-22-19-25-33(36(45)41-31-23-17-13-9-10-14-18-24-31)42-34(43)27-26-32-35(44)39-29-21-16-12-8-6-4-2-1-3-5-7-11-15-20-28-38-32/h31-33,38,40H,1-30,37H2,(H,39,44)(H,41,45)(H,42,43). The SMILES string of the molecule is NNCCCCC(NC(=O)CCC1NCCCCCCCCCCCCCCCCNC1=O)C(=O)NC1CCCCCCCC1. The van der Waals surface area contributed by atoms with Crippen LogP contribution in [0, 0.1) is 0 Å². The summed E-state index contributed by atoms with van der Waals surface area (Å²) >= 11 is 0. The molecule has 1 saturated heterocycles. The lowest BCUT2D eigenvalue weighted by atomic mass is 10.0. The lowest BCUT2D eigenvalue weighted by Gasteiger charge is -2.24. The topological polar surface area (TPSA) is 137 Å². The molecule has 3 amide bonds. The molecule has 0 spiro atoms. The van der Waals surface area contributed by atoms with Crippen LogP contribution in [0.1, 0.15) is 173 Å². The Labute approximate surface area is 275 Å². The molecule has 0 bridgehead atoms. The average molecular weight is 635 g/mol. The number of unbranched alkanes of at least 4 members (excludes halogenated alkanes) is 1. The van der Waals surface area contributed by atoms with E-state index in [1.807, 2.05) is 0 Å². The zero-order valence-electron chi connectivity index (χ0n) is 28.7. The molecule has 2 rings (SSSR count). The highest BCUT2D eigenvalue weighted by atomic mass is 16.2. The molecule has 0 aromatic carbocycles. The third-order valence-electron chi connectivity index (χ3n) is 9.69. The Balaban J connectivity index is 1.89. The van der Waals surface area contributed by atoms with Crippen molar-refractivity contribution in [3.63, 3.8) is 0 Å². The minimum atomic E-state index is -0.566. The summed E-state index contributed by atoms with van der Waals surface area (Å²) in [5.41, 5.74) is 2.67. The largest absolute Gasteiger partial charge is 0.355 e. The van der Waals surface area contributed by atoms with E-state index in [0.29, 0.717) is 25.9 Å². The van der Waals surface area contributed by atoms with Crippen LogP contribution in [0.3, 0.4) is 0 Å². The van der Waals surface area contributed by atoms with Crippen molar-refractivity contribution < 1.29 is 14.4 Å². The Morgan fingerprint density at radius 2 is 1.22 bits per heavy atom. The van der Waals surface area contributed by atoms with Gasteiger partial charge in [0, 0.05) is 25.6 Å². The molecule has 0 radical (unpaired) electrons. The van der Waals surface area contributed by atoms with Gasteiger partial charge >= 0.3 is 0 Å². The van der Waals surface area contributed by atoms with E-state index in [4.69, 9.17) is 5.84 Å². The summed E-state index contributed by atoms with van der Waals surface area (Å²) in [6.07, 6.45) is 29.7. The summed E-state index contributed by atoms with van der Waals surface area (Å²) in [6.45, 7) is 2.14. The van der Waals surface area contributed by atoms with Crippen molar-refractivity contribution in [2.45, 2.75) is 191 Å². The molecule has 1 aliphatic carbocycles. The third kappa shape index (κ3) is 20.9. The summed E-state index contributed by atoms with van der Waals surface area (Å²) in [5.74, 6) is 5.19. The molecule has 9 nitrogen and oxygen atoms in total. The van der Waals surface area contributed by atoms with Crippen LogP contribution in [-0.4, -0.2) is 55.5 Å². The molecule has 1 aliphatic heterocycles. The fraction of sp³-hybridized carbons (Fsp3) is 0.917. The zero-order valence-corrected chi connectivity index (χ0v) is 28.7. The van der Waals surface area contributed by atoms with Gasteiger partial charge in [0.15, 0.2) is 0 Å². The number of carbonyl (C=O) groups is 3. The number of rotatable bonds is 11. The van der Waals surface area contributed by atoms with Crippen LogP contribution in [0.5, 0.6) is 0 Å². The monoisotopic (exact) mass is 635 g/mol. The lowest BCUT2D eigenvalue weighted by molar-refractivity contribution is -0.130. The normalized spacial score (nSPS) is 22.5. The van der Waals surface area contributed by atoms with E-state index in [0.717, 1.165) is 64.3 Å². The maximum absolute atomic E-state index is 13.4. The molecule has 1 saturated carbocycles. The van der Waals surface area contributed by atoms with Crippen LogP contribution >= 0.6 is 0 Å². The Morgan fingerprint density at radius 3 is 1.78 bits per heavy atom. The van der Waals surface area contributed by atoms with Gasteiger partial charge in [-0.05, 0) is 57.9 Å². The van der Waals surface area contributed by atoms with E-state index in [9.17, 15) is 14.4 Å². The predicted molar refractivity (Wildman–Crippen MR) is 186 cm³/mol. The highest BCUT2D eigenvalue weighted by Gasteiger charge is 2.25. The second-order valence-electron chi connectivity index (χ2n) is 13.8. The first kappa shape index (κ1) is 39.5. The van der Waals surface area contributed by atoms with E-state index < -0.39 is 12.1 Å². The van der Waals surface area contributed by atoms with E-state index in [1.165, 1.54) is 96.3 Å². The van der Waals surface area contributed by atoms with Gasteiger partial charge in [-0.2, -0.15) is 0 Å². The summed E-state index contributed by atoms with van der Waals surface area (Å²) in [7, 11) is 0. The molecular formula is C36H70N6O3. The van der Waals surface area contributed by atoms with E-state index in [-0.39, 0.29) is 30.2 Å². The molecule has 9 heteroatoms. The van der Waals surface area contributed by atoms with Crippen LogP contribution in [0.2, 0.25) is 0 Å². The highest BCUT2D eigenvalue weighted by Crippen LogP contribution is 2.18. The molecule has 1 heterocycles. The molecule has 0 aromatic rings. The van der Waals surface area contributed by atoms with Crippen molar-refractivity contribution in [1.82, 2.24) is 26.7 Å². The highest BCUT2D eigenvalue weighted by molar-refractivity contribution is 5.88. The Hall–Kier alpha value is -1.71. The van der Waals surface area contributed by atoms with Gasteiger partial charge in [0.1, 0.15) is 6.04 Å². The van der Waals surface area contributed by atoms with Crippen molar-refractivity contribution in [3.8, 4) is 0 Å². The number of nitrogens with one attached hydrogen (secondary N) is 5. The number of carbonyl (C=O) groups excluding carboxylic acids is 3. The average Bonchev–Trinajstić information content (AvgIpc) is 3.16. The van der Waals surface area contributed by atoms with Crippen molar-refractivity contribution in [2.24, 2.45) is 5.84 Å². The first-order chi connectivity index (χ1) is 22.1. The van der Waals surface area contributed by atoms with Crippen molar-refractivity contribution >= 4 is 17.7 Å². The van der Waals surface area contributed by atoms with E-state index in [2.05, 4.69) is 26.7 Å². The van der Waals surface area contributed by atoms with Gasteiger partial charge in [-0.15, -0.1) is 0 Å². The summed E-state index contributed by atoms with van der Waals surface area (Å²) < 4.78 is 0. The second kappa shape index (κ2) is 27.4. The maximum Gasteiger partial charge on any atom is 0.242 e. The Kier molecular flexibility index (Phi) is 24.0. The van der Waals surface area contributed by atoms with Gasteiger partial charge in [-0.1, -0.05) is 116 Å². The van der Waals surface area contributed by atoms with Gasteiger partial charge in [-0.3, -0.25) is 25.7 Å². The second-order valence-corrected chi connectivity index (χ2v) is 13.8. The fourth-order valence-electron chi connectivity index (χ4n) is 6.77. The van der Waals surface area contributed by atoms with Crippen LogP contribution < -0.4 is 32.5 Å². The molecule has 2 atom stereocenters. The molecule has 45 heavy (non-hydrogen) atoms. The van der Waals surface area contributed by atoms with Crippen LogP contribution in [0.4, 0.5) is 0 Å². The summed E-state index contributed by atoms with van der Waals surface area (Å²) in [5, 5.41) is 12.9. The fourth-order valence-corrected chi connectivity index (χ4v) is 6.77.